The minimum Gasteiger partial charge on any atom is -0.493 e. The van der Waals surface area contributed by atoms with Gasteiger partial charge in [-0.25, -0.2) is 9.48 Å². The molecule has 0 atom stereocenters. The molecule has 196 valence electrons. The van der Waals surface area contributed by atoms with Gasteiger partial charge >= 0.3 is 5.97 Å². The van der Waals surface area contributed by atoms with E-state index in [1.54, 1.807) is 32.9 Å². The SMILES string of the molecule is CCCOc1nn(Cc2cc(OC)c(OC)c(OC)c2)c(C(=O)OCC)c1Cc1ccc2nsnc2c1. The van der Waals surface area contributed by atoms with Crippen LogP contribution in [0.1, 0.15) is 47.4 Å². The molecule has 0 aliphatic rings. The number of hydrogen-bond acceptors (Lipinski definition) is 10. The molecule has 0 saturated heterocycles. The molecule has 0 bridgehead atoms. The highest BCUT2D eigenvalue weighted by atomic mass is 32.1. The van der Waals surface area contributed by atoms with E-state index in [4.69, 9.17) is 28.8 Å². The Morgan fingerprint density at radius 2 is 1.68 bits per heavy atom. The third-order valence-corrected chi connectivity index (χ3v) is 6.24. The van der Waals surface area contributed by atoms with E-state index in [1.807, 2.05) is 37.3 Å². The second-order valence-corrected chi connectivity index (χ2v) is 8.68. The van der Waals surface area contributed by atoms with Gasteiger partial charge in [-0.3, -0.25) is 0 Å². The minimum atomic E-state index is -0.472. The number of esters is 1. The van der Waals surface area contributed by atoms with Gasteiger partial charge in [-0.15, -0.1) is 5.10 Å². The fraction of sp³-hybridized carbons (Fsp3) is 0.385. The second kappa shape index (κ2) is 11.9. The fourth-order valence-electron chi connectivity index (χ4n) is 4.03. The quantitative estimate of drug-likeness (QED) is 0.246. The molecule has 10 nitrogen and oxygen atoms in total. The summed E-state index contributed by atoms with van der Waals surface area (Å²) in [5.41, 5.74) is 4.38. The van der Waals surface area contributed by atoms with Crippen molar-refractivity contribution >= 4 is 28.7 Å². The van der Waals surface area contributed by atoms with Gasteiger partial charge in [-0.2, -0.15) is 8.75 Å². The van der Waals surface area contributed by atoms with Crippen molar-refractivity contribution in [1.82, 2.24) is 18.5 Å². The number of ether oxygens (including phenoxy) is 5. The maximum Gasteiger partial charge on any atom is 0.357 e. The molecule has 2 aromatic heterocycles. The van der Waals surface area contributed by atoms with E-state index in [0.29, 0.717) is 47.4 Å². The Morgan fingerprint density at radius 3 is 2.32 bits per heavy atom. The van der Waals surface area contributed by atoms with Crippen LogP contribution in [0, 0.1) is 0 Å². The fourth-order valence-corrected chi connectivity index (χ4v) is 4.55. The highest BCUT2D eigenvalue weighted by molar-refractivity contribution is 7.00. The van der Waals surface area contributed by atoms with Crippen molar-refractivity contribution in [2.45, 2.75) is 33.2 Å². The number of rotatable bonds is 12. The number of carbonyl (C=O) groups is 1. The van der Waals surface area contributed by atoms with Gasteiger partial charge in [0.2, 0.25) is 11.6 Å². The highest BCUT2D eigenvalue weighted by Gasteiger charge is 2.27. The van der Waals surface area contributed by atoms with E-state index in [2.05, 4.69) is 8.75 Å². The third kappa shape index (κ3) is 5.61. The van der Waals surface area contributed by atoms with Crippen LogP contribution in [0.5, 0.6) is 23.1 Å². The molecular weight excluding hydrogens is 496 g/mol. The molecular formula is C26H30N4O6S. The number of aromatic nitrogens is 4. The van der Waals surface area contributed by atoms with E-state index in [9.17, 15) is 4.79 Å². The molecule has 0 amide bonds. The Hall–Kier alpha value is -3.86. The Balaban J connectivity index is 1.81. The lowest BCUT2D eigenvalue weighted by Gasteiger charge is -2.15. The van der Waals surface area contributed by atoms with Gasteiger partial charge < -0.3 is 23.7 Å². The van der Waals surface area contributed by atoms with E-state index < -0.39 is 5.97 Å². The standard InChI is InChI=1S/C26H30N4O6S/c1-6-10-36-25-18(11-16-8-9-19-20(12-16)29-37-28-19)23(26(31)35-7-2)30(27-25)15-17-13-21(32-3)24(34-5)22(14-17)33-4/h8-9,12-14H,6-7,10-11,15H2,1-5H3. The van der Waals surface area contributed by atoms with Gasteiger partial charge in [-0.1, -0.05) is 13.0 Å². The minimum absolute atomic E-state index is 0.231. The van der Waals surface area contributed by atoms with Gasteiger partial charge in [0.25, 0.3) is 0 Å². The molecule has 0 unspecified atom stereocenters. The third-order valence-electron chi connectivity index (χ3n) is 5.68. The molecule has 4 aromatic rings. The number of carbonyl (C=O) groups excluding carboxylic acids is 1. The maximum atomic E-state index is 13.2. The predicted molar refractivity (Wildman–Crippen MR) is 139 cm³/mol. The summed E-state index contributed by atoms with van der Waals surface area (Å²) in [4.78, 5) is 13.2. The Labute approximate surface area is 219 Å². The maximum absolute atomic E-state index is 13.2. The molecule has 37 heavy (non-hydrogen) atoms. The summed E-state index contributed by atoms with van der Waals surface area (Å²) in [5, 5.41) is 4.70. The summed E-state index contributed by atoms with van der Waals surface area (Å²) in [5.74, 6) is 1.43. The van der Waals surface area contributed by atoms with E-state index in [0.717, 1.165) is 28.6 Å². The molecule has 2 aromatic carbocycles. The lowest BCUT2D eigenvalue weighted by Crippen LogP contribution is -2.16. The molecule has 11 heteroatoms. The molecule has 4 rings (SSSR count). The van der Waals surface area contributed by atoms with Crippen LogP contribution in [-0.2, 0) is 17.7 Å². The van der Waals surface area contributed by atoms with E-state index in [1.165, 1.54) is 11.7 Å². The molecule has 0 aliphatic carbocycles. The molecule has 2 heterocycles. The predicted octanol–water partition coefficient (Wildman–Crippen LogP) is 4.52. The van der Waals surface area contributed by atoms with Crippen LogP contribution >= 0.6 is 11.7 Å². The van der Waals surface area contributed by atoms with Crippen molar-refractivity contribution in [3.05, 3.63) is 52.7 Å². The van der Waals surface area contributed by atoms with Crippen LogP contribution in [0.4, 0.5) is 0 Å². The van der Waals surface area contributed by atoms with Crippen molar-refractivity contribution in [2.24, 2.45) is 0 Å². The average Bonchev–Trinajstić information content (AvgIpc) is 3.50. The number of benzene rings is 2. The zero-order valence-corrected chi connectivity index (χ0v) is 22.4. The van der Waals surface area contributed by atoms with E-state index >= 15 is 0 Å². The lowest BCUT2D eigenvalue weighted by molar-refractivity contribution is 0.0511. The summed E-state index contributed by atoms with van der Waals surface area (Å²) in [6, 6.07) is 9.51. The molecule has 0 saturated carbocycles. The zero-order chi connectivity index (χ0) is 26.4. The smallest absolute Gasteiger partial charge is 0.357 e. The van der Waals surface area contributed by atoms with Crippen LogP contribution in [0.15, 0.2) is 30.3 Å². The van der Waals surface area contributed by atoms with Gasteiger partial charge in [-0.05, 0) is 48.7 Å². The summed E-state index contributed by atoms with van der Waals surface area (Å²) in [7, 11) is 4.67. The summed E-state index contributed by atoms with van der Waals surface area (Å²) < 4.78 is 38.1. The number of methoxy groups -OCH3 is 3. The van der Waals surface area contributed by atoms with Crippen LogP contribution in [0.25, 0.3) is 11.0 Å². The van der Waals surface area contributed by atoms with Crippen LogP contribution in [0.3, 0.4) is 0 Å². The van der Waals surface area contributed by atoms with Crippen LogP contribution in [-0.4, -0.2) is 59.0 Å². The Kier molecular flexibility index (Phi) is 8.44. The topological polar surface area (TPSA) is 107 Å². The van der Waals surface area contributed by atoms with Crippen molar-refractivity contribution in [1.29, 1.82) is 0 Å². The first kappa shape index (κ1) is 26.2. The second-order valence-electron chi connectivity index (χ2n) is 8.16. The molecule has 0 spiro atoms. The first-order valence-corrected chi connectivity index (χ1v) is 12.7. The normalized spacial score (nSPS) is 10.9. The molecule has 0 N–H and O–H groups in total. The van der Waals surface area contributed by atoms with Gasteiger partial charge in [0, 0.05) is 6.42 Å². The lowest BCUT2D eigenvalue weighted by atomic mass is 10.0. The summed E-state index contributed by atoms with van der Waals surface area (Å²) >= 11 is 1.17. The molecule has 0 aliphatic heterocycles. The van der Waals surface area contributed by atoms with Gasteiger partial charge in [0.1, 0.15) is 11.0 Å². The first-order valence-electron chi connectivity index (χ1n) is 11.9. The van der Waals surface area contributed by atoms with Crippen LogP contribution < -0.4 is 18.9 Å². The number of nitrogens with zero attached hydrogens (tertiary/aromatic N) is 4. The Bertz CT molecular complexity index is 1360. The van der Waals surface area contributed by atoms with Gasteiger partial charge in [0.05, 0.1) is 58.4 Å². The summed E-state index contributed by atoms with van der Waals surface area (Å²) in [6.45, 7) is 4.74. The Morgan fingerprint density at radius 1 is 0.946 bits per heavy atom. The highest BCUT2D eigenvalue weighted by Crippen LogP contribution is 2.38. The van der Waals surface area contributed by atoms with Crippen molar-refractivity contribution in [3.63, 3.8) is 0 Å². The first-order chi connectivity index (χ1) is 18.0. The molecule has 0 radical (unpaired) electrons. The van der Waals surface area contributed by atoms with E-state index in [-0.39, 0.29) is 13.2 Å². The summed E-state index contributed by atoms with van der Waals surface area (Å²) in [6.07, 6.45) is 1.21. The van der Waals surface area contributed by atoms with Crippen molar-refractivity contribution in [3.8, 4) is 23.1 Å². The zero-order valence-electron chi connectivity index (χ0n) is 21.6. The molecule has 0 fully saturated rings. The average molecular weight is 527 g/mol. The van der Waals surface area contributed by atoms with Gasteiger partial charge in [0.15, 0.2) is 17.2 Å². The number of fused-ring (bicyclic) bond motifs is 1. The van der Waals surface area contributed by atoms with Crippen molar-refractivity contribution in [2.75, 3.05) is 34.5 Å². The number of hydrogen-bond donors (Lipinski definition) is 0. The van der Waals surface area contributed by atoms with Crippen molar-refractivity contribution < 1.29 is 28.5 Å². The monoisotopic (exact) mass is 526 g/mol. The van der Waals surface area contributed by atoms with Crippen LogP contribution in [0.2, 0.25) is 0 Å². The largest absolute Gasteiger partial charge is 0.493 e.